The van der Waals surface area contributed by atoms with Crippen LogP contribution >= 0.6 is 0 Å². The van der Waals surface area contributed by atoms with E-state index >= 15 is 0 Å². The van der Waals surface area contributed by atoms with Crippen LogP contribution in [-0.4, -0.2) is 13.1 Å². The van der Waals surface area contributed by atoms with E-state index in [2.05, 4.69) is 65.2 Å². The number of hydrogen-bond donors (Lipinski definition) is 1. The van der Waals surface area contributed by atoms with Crippen LogP contribution in [0.2, 0.25) is 0 Å². The first kappa shape index (κ1) is 14.2. The van der Waals surface area contributed by atoms with Gasteiger partial charge in [-0.15, -0.1) is 0 Å². The van der Waals surface area contributed by atoms with Crippen molar-refractivity contribution in [1.29, 1.82) is 0 Å². The number of benzene rings is 1. The van der Waals surface area contributed by atoms with Crippen LogP contribution in [0.4, 0.5) is 0 Å². The lowest BCUT2D eigenvalue weighted by molar-refractivity contribution is 0.268. The highest BCUT2D eigenvalue weighted by molar-refractivity contribution is 5.33. The van der Waals surface area contributed by atoms with E-state index in [1.807, 2.05) is 0 Å². The molecule has 0 aromatic heterocycles. The molecule has 0 heterocycles. The van der Waals surface area contributed by atoms with Crippen molar-refractivity contribution >= 4 is 0 Å². The molecule has 0 aliphatic carbocycles. The van der Waals surface area contributed by atoms with Crippen LogP contribution < -0.4 is 5.32 Å². The lowest BCUT2D eigenvalue weighted by Crippen LogP contribution is -2.38. The van der Waals surface area contributed by atoms with Crippen molar-refractivity contribution < 1.29 is 0 Å². The fourth-order valence-corrected chi connectivity index (χ4v) is 2.39. The quantitative estimate of drug-likeness (QED) is 0.832. The van der Waals surface area contributed by atoms with Crippen molar-refractivity contribution in [3.63, 3.8) is 0 Å². The lowest BCUT2D eigenvalue weighted by atomic mass is 9.83. The Morgan fingerprint density at radius 2 is 1.82 bits per heavy atom. The van der Waals surface area contributed by atoms with Crippen molar-refractivity contribution in [2.45, 2.75) is 53.5 Å². The number of hydrogen-bond acceptors (Lipinski definition) is 1. The predicted molar refractivity (Wildman–Crippen MR) is 76.5 cm³/mol. The van der Waals surface area contributed by atoms with E-state index in [-0.39, 0.29) is 0 Å². The fourth-order valence-electron chi connectivity index (χ4n) is 2.39. The van der Waals surface area contributed by atoms with Gasteiger partial charge in [0, 0.05) is 6.04 Å². The van der Waals surface area contributed by atoms with Gasteiger partial charge in [0.25, 0.3) is 0 Å². The smallest absolute Gasteiger partial charge is 0.0116 e. The minimum Gasteiger partial charge on any atom is -0.316 e. The molecule has 0 aliphatic rings. The molecule has 0 radical (unpaired) electrons. The van der Waals surface area contributed by atoms with Gasteiger partial charge < -0.3 is 5.32 Å². The van der Waals surface area contributed by atoms with Crippen molar-refractivity contribution in [1.82, 2.24) is 5.32 Å². The van der Waals surface area contributed by atoms with E-state index in [9.17, 15) is 0 Å². The largest absolute Gasteiger partial charge is 0.316 e. The van der Waals surface area contributed by atoms with Crippen molar-refractivity contribution in [3.8, 4) is 0 Å². The third kappa shape index (κ3) is 3.85. The van der Waals surface area contributed by atoms with E-state index in [0.29, 0.717) is 11.5 Å². The molecule has 1 atom stereocenters. The van der Waals surface area contributed by atoms with Gasteiger partial charge in [-0.3, -0.25) is 0 Å². The van der Waals surface area contributed by atoms with Crippen LogP contribution in [0.3, 0.4) is 0 Å². The van der Waals surface area contributed by atoms with Crippen LogP contribution in [-0.2, 0) is 6.42 Å². The second-order valence-electron chi connectivity index (χ2n) is 6.10. The SMILES string of the molecule is CNC(CCc1cccc(C)c1C)C(C)(C)C. The maximum absolute atomic E-state index is 3.45. The molecule has 1 aromatic rings. The highest BCUT2D eigenvalue weighted by Crippen LogP contribution is 2.24. The van der Waals surface area contributed by atoms with Crippen LogP contribution in [0.15, 0.2) is 18.2 Å². The van der Waals surface area contributed by atoms with Crippen LogP contribution in [0, 0.1) is 19.3 Å². The Kier molecular flexibility index (Phi) is 4.76. The average Bonchev–Trinajstić information content (AvgIpc) is 2.23. The fraction of sp³-hybridized carbons (Fsp3) is 0.625. The van der Waals surface area contributed by atoms with Gasteiger partial charge in [0.2, 0.25) is 0 Å². The molecule has 0 saturated carbocycles. The summed E-state index contributed by atoms with van der Waals surface area (Å²) in [5.41, 5.74) is 4.68. The van der Waals surface area contributed by atoms with E-state index in [1.165, 1.54) is 23.1 Å². The maximum Gasteiger partial charge on any atom is 0.0116 e. The van der Waals surface area contributed by atoms with Gasteiger partial charge in [-0.1, -0.05) is 39.0 Å². The van der Waals surface area contributed by atoms with Gasteiger partial charge in [-0.2, -0.15) is 0 Å². The number of rotatable bonds is 4. The van der Waals surface area contributed by atoms with Gasteiger partial charge in [0.1, 0.15) is 0 Å². The summed E-state index contributed by atoms with van der Waals surface area (Å²) in [6.07, 6.45) is 2.36. The average molecular weight is 233 g/mol. The molecule has 96 valence electrons. The molecular weight excluding hydrogens is 206 g/mol. The van der Waals surface area contributed by atoms with Crippen molar-refractivity contribution in [2.75, 3.05) is 7.05 Å². The second kappa shape index (κ2) is 5.68. The molecule has 0 spiro atoms. The Hall–Kier alpha value is -0.820. The highest BCUT2D eigenvalue weighted by Gasteiger charge is 2.22. The normalized spacial score (nSPS) is 13.8. The lowest BCUT2D eigenvalue weighted by Gasteiger charge is -2.30. The molecule has 1 heteroatoms. The Balaban J connectivity index is 2.70. The van der Waals surface area contributed by atoms with Crippen LogP contribution in [0.5, 0.6) is 0 Å². The van der Waals surface area contributed by atoms with Gasteiger partial charge in [-0.25, -0.2) is 0 Å². The van der Waals surface area contributed by atoms with Gasteiger partial charge in [0.05, 0.1) is 0 Å². The van der Waals surface area contributed by atoms with Gasteiger partial charge in [0.15, 0.2) is 0 Å². The number of aryl methyl sites for hydroxylation is 2. The molecule has 1 N–H and O–H groups in total. The van der Waals surface area contributed by atoms with Crippen molar-refractivity contribution in [2.24, 2.45) is 5.41 Å². The first-order valence-electron chi connectivity index (χ1n) is 6.58. The summed E-state index contributed by atoms with van der Waals surface area (Å²) < 4.78 is 0. The third-order valence-corrected chi connectivity index (χ3v) is 3.81. The number of nitrogens with one attached hydrogen (secondary N) is 1. The molecule has 1 unspecified atom stereocenters. The second-order valence-corrected chi connectivity index (χ2v) is 6.10. The molecular formula is C16H27N. The summed E-state index contributed by atoms with van der Waals surface area (Å²) in [7, 11) is 2.07. The zero-order valence-electron chi connectivity index (χ0n) is 12.2. The first-order chi connectivity index (χ1) is 7.86. The van der Waals surface area contributed by atoms with E-state index in [0.717, 1.165) is 6.42 Å². The summed E-state index contributed by atoms with van der Waals surface area (Å²) >= 11 is 0. The van der Waals surface area contributed by atoms with Crippen molar-refractivity contribution in [3.05, 3.63) is 34.9 Å². The summed E-state index contributed by atoms with van der Waals surface area (Å²) in [5, 5.41) is 3.45. The summed E-state index contributed by atoms with van der Waals surface area (Å²) in [6.45, 7) is 11.3. The standard InChI is InChI=1S/C16H27N/c1-12-8-7-9-14(13(12)2)10-11-15(17-6)16(3,4)5/h7-9,15,17H,10-11H2,1-6H3. The van der Waals surface area contributed by atoms with Crippen LogP contribution in [0.25, 0.3) is 0 Å². The summed E-state index contributed by atoms with van der Waals surface area (Å²) in [4.78, 5) is 0. The zero-order valence-corrected chi connectivity index (χ0v) is 12.2. The van der Waals surface area contributed by atoms with Gasteiger partial charge in [-0.05, 0) is 55.8 Å². The first-order valence-corrected chi connectivity index (χ1v) is 6.58. The molecule has 1 nitrogen and oxygen atoms in total. The van der Waals surface area contributed by atoms with E-state index in [1.54, 1.807) is 0 Å². The molecule has 0 amide bonds. The maximum atomic E-state index is 3.45. The molecule has 0 fully saturated rings. The van der Waals surface area contributed by atoms with Crippen LogP contribution in [0.1, 0.15) is 43.9 Å². The van der Waals surface area contributed by atoms with E-state index < -0.39 is 0 Å². The molecule has 0 saturated heterocycles. The summed E-state index contributed by atoms with van der Waals surface area (Å²) in [5.74, 6) is 0. The Bertz CT molecular complexity index is 360. The van der Waals surface area contributed by atoms with E-state index in [4.69, 9.17) is 0 Å². The summed E-state index contributed by atoms with van der Waals surface area (Å²) in [6, 6.07) is 7.20. The van der Waals surface area contributed by atoms with Gasteiger partial charge >= 0.3 is 0 Å². The third-order valence-electron chi connectivity index (χ3n) is 3.81. The minimum atomic E-state index is 0.326. The Morgan fingerprint density at radius 3 is 2.35 bits per heavy atom. The molecule has 0 aliphatic heterocycles. The highest BCUT2D eigenvalue weighted by atomic mass is 14.9. The molecule has 17 heavy (non-hydrogen) atoms. The predicted octanol–water partition coefficient (Wildman–Crippen LogP) is 3.87. The molecule has 1 aromatic carbocycles. The monoisotopic (exact) mass is 233 g/mol. The Labute approximate surface area is 107 Å². The zero-order chi connectivity index (χ0) is 13.1. The molecule has 0 bridgehead atoms. The Morgan fingerprint density at radius 1 is 1.18 bits per heavy atom. The topological polar surface area (TPSA) is 12.0 Å². The minimum absolute atomic E-state index is 0.326. The molecule has 1 rings (SSSR count).